The summed E-state index contributed by atoms with van der Waals surface area (Å²) in [7, 11) is 0. The number of rotatable bonds is 3. The zero-order valence-electron chi connectivity index (χ0n) is 23.9. The molecule has 0 saturated heterocycles. The van der Waals surface area contributed by atoms with E-state index in [-0.39, 0.29) is 0 Å². The fourth-order valence-electron chi connectivity index (χ4n) is 7.00. The van der Waals surface area contributed by atoms with E-state index in [0.29, 0.717) is 11.7 Å². The second-order valence-electron chi connectivity index (χ2n) is 11.3. The van der Waals surface area contributed by atoms with Crippen LogP contribution < -0.4 is 0 Å². The number of benzene rings is 5. The van der Waals surface area contributed by atoms with Crippen LogP contribution in [0.1, 0.15) is 0 Å². The van der Waals surface area contributed by atoms with Crippen LogP contribution in [-0.4, -0.2) is 24.1 Å². The maximum absolute atomic E-state index is 6.39. The van der Waals surface area contributed by atoms with Gasteiger partial charge in [0.1, 0.15) is 5.58 Å². The number of hydrogen-bond acceptors (Lipinski definition) is 4. The zero-order valence-corrected chi connectivity index (χ0v) is 23.9. The minimum Gasteiger partial charge on any atom is -0.437 e. The van der Waals surface area contributed by atoms with Crippen molar-refractivity contribution in [3.8, 4) is 22.9 Å². The van der Waals surface area contributed by atoms with Crippen LogP contribution in [0, 0.1) is 0 Å². The summed E-state index contributed by atoms with van der Waals surface area (Å²) in [6.07, 6.45) is 3.70. The summed E-state index contributed by atoms with van der Waals surface area (Å²) in [6, 6.07) is 44.0. The van der Waals surface area contributed by atoms with Gasteiger partial charge in [-0.25, -0.2) is 4.98 Å². The Labute approximate surface area is 256 Å². The summed E-state index contributed by atoms with van der Waals surface area (Å²) < 4.78 is 10.9. The molecule has 45 heavy (non-hydrogen) atoms. The first-order chi connectivity index (χ1) is 22.3. The van der Waals surface area contributed by atoms with Gasteiger partial charge in [-0.3, -0.25) is 9.55 Å². The lowest BCUT2D eigenvalue weighted by molar-refractivity contribution is 0.651. The molecule has 0 N–H and O–H groups in total. The standard InChI is InChI=1S/C39H23N5O/c1-2-10-24(11-3-1)36-35-29-14-6-9-17-33(29)45-38(35)42-39(41-36)44-31-16-8-5-13-28(31)34-32(44)19-18-27-26-12-4-7-15-30(26)43(37(27)34)25-20-22-40-23-21-25/h1-23H. The lowest BCUT2D eigenvalue weighted by atomic mass is 10.1. The molecule has 0 spiro atoms. The van der Waals surface area contributed by atoms with Crippen LogP contribution in [0.4, 0.5) is 0 Å². The summed E-state index contributed by atoms with van der Waals surface area (Å²) in [5.74, 6) is 0.567. The van der Waals surface area contributed by atoms with Crippen molar-refractivity contribution in [1.29, 1.82) is 0 Å². The average molecular weight is 578 g/mol. The van der Waals surface area contributed by atoms with Crippen LogP contribution in [0.25, 0.3) is 88.6 Å². The monoisotopic (exact) mass is 577 g/mol. The van der Waals surface area contributed by atoms with Crippen LogP contribution in [-0.2, 0) is 0 Å². The van der Waals surface area contributed by atoms with Crippen molar-refractivity contribution in [2.24, 2.45) is 0 Å². The summed E-state index contributed by atoms with van der Waals surface area (Å²) in [5, 5.41) is 6.59. The molecule has 0 aliphatic heterocycles. The number of hydrogen-bond donors (Lipinski definition) is 0. The third-order valence-electron chi connectivity index (χ3n) is 8.87. The predicted octanol–water partition coefficient (Wildman–Crippen LogP) is 9.63. The van der Waals surface area contributed by atoms with Gasteiger partial charge in [0, 0.05) is 50.6 Å². The molecule has 5 aromatic heterocycles. The van der Waals surface area contributed by atoms with Crippen molar-refractivity contribution in [2.45, 2.75) is 0 Å². The molecule has 0 bridgehead atoms. The normalized spacial score (nSPS) is 12.0. The molecular weight excluding hydrogens is 554 g/mol. The van der Waals surface area contributed by atoms with Gasteiger partial charge in [-0.1, -0.05) is 91.0 Å². The average Bonchev–Trinajstić information content (AvgIpc) is 3.76. The molecule has 0 saturated carbocycles. The first-order valence-electron chi connectivity index (χ1n) is 15.0. The van der Waals surface area contributed by atoms with Gasteiger partial charge in [-0.2, -0.15) is 4.98 Å². The molecule has 5 heterocycles. The SMILES string of the molecule is c1ccc(-c2nc(-n3c4ccccc4c4c3ccc3c5ccccc5n(-c5ccncc5)c34)nc3oc4ccccc4c23)cc1. The molecule has 210 valence electrons. The van der Waals surface area contributed by atoms with Crippen molar-refractivity contribution in [2.75, 3.05) is 0 Å². The van der Waals surface area contributed by atoms with E-state index in [1.807, 2.05) is 48.8 Å². The second-order valence-corrected chi connectivity index (χ2v) is 11.3. The maximum atomic E-state index is 6.39. The largest absolute Gasteiger partial charge is 0.437 e. The number of fused-ring (bicyclic) bond motifs is 10. The van der Waals surface area contributed by atoms with E-state index >= 15 is 0 Å². The van der Waals surface area contributed by atoms with Crippen molar-refractivity contribution in [3.63, 3.8) is 0 Å². The molecule has 0 amide bonds. The van der Waals surface area contributed by atoms with Crippen molar-refractivity contribution in [3.05, 3.63) is 140 Å². The van der Waals surface area contributed by atoms with Crippen LogP contribution >= 0.6 is 0 Å². The Morgan fingerprint density at radius 2 is 1.18 bits per heavy atom. The van der Waals surface area contributed by atoms with Crippen LogP contribution in [0.15, 0.2) is 144 Å². The molecule has 6 heteroatoms. The third-order valence-corrected chi connectivity index (χ3v) is 8.87. The summed E-state index contributed by atoms with van der Waals surface area (Å²) in [4.78, 5) is 14.7. The number of furan rings is 1. The molecular formula is C39H23N5O. The molecule has 10 rings (SSSR count). The molecule has 0 atom stereocenters. The molecule has 0 fully saturated rings. The van der Waals surface area contributed by atoms with Crippen LogP contribution in [0.2, 0.25) is 0 Å². The first-order valence-corrected chi connectivity index (χ1v) is 15.0. The van der Waals surface area contributed by atoms with Gasteiger partial charge in [0.15, 0.2) is 0 Å². The van der Waals surface area contributed by atoms with E-state index in [1.165, 1.54) is 10.8 Å². The van der Waals surface area contributed by atoms with E-state index < -0.39 is 0 Å². The molecule has 0 unspecified atom stereocenters. The number of pyridine rings is 1. The lowest BCUT2D eigenvalue weighted by Crippen LogP contribution is -2.03. The van der Waals surface area contributed by atoms with Crippen molar-refractivity contribution >= 4 is 65.7 Å². The van der Waals surface area contributed by atoms with Gasteiger partial charge in [0.25, 0.3) is 0 Å². The Bertz CT molecular complexity index is 2760. The Kier molecular flexibility index (Phi) is 4.90. The van der Waals surface area contributed by atoms with Crippen molar-refractivity contribution in [1.82, 2.24) is 24.1 Å². The van der Waals surface area contributed by atoms with E-state index in [0.717, 1.165) is 66.1 Å². The summed E-state index contributed by atoms with van der Waals surface area (Å²) in [6.45, 7) is 0. The van der Waals surface area contributed by atoms with Gasteiger partial charge < -0.3 is 8.98 Å². The highest BCUT2D eigenvalue weighted by molar-refractivity contribution is 6.26. The smallest absolute Gasteiger partial charge is 0.238 e. The lowest BCUT2D eigenvalue weighted by Gasteiger charge is -2.10. The van der Waals surface area contributed by atoms with E-state index in [9.17, 15) is 0 Å². The highest BCUT2D eigenvalue weighted by atomic mass is 16.3. The number of para-hydroxylation sites is 3. The van der Waals surface area contributed by atoms with E-state index in [2.05, 4.69) is 105 Å². The number of nitrogens with zero attached hydrogens (tertiary/aromatic N) is 5. The van der Waals surface area contributed by atoms with Crippen LogP contribution in [0.5, 0.6) is 0 Å². The topological polar surface area (TPSA) is 61.7 Å². The highest BCUT2D eigenvalue weighted by Crippen LogP contribution is 2.42. The zero-order chi connectivity index (χ0) is 29.5. The van der Waals surface area contributed by atoms with E-state index in [1.54, 1.807) is 0 Å². The van der Waals surface area contributed by atoms with Gasteiger partial charge in [0.2, 0.25) is 11.7 Å². The quantitative estimate of drug-likeness (QED) is 0.210. The molecule has 6 nitrogen and oxygen atoms in total. The fourth-order valence-corrected chi connectivity index (χ4v) is 7.00. The molecule has 10 aromatic rings. The van der Waals surface area contributed by atoms with Crippen LogP contribution in [0.3, 0.4) is 0 Å². The summed E-state index contributed by atoms with van der Waals surface area (Å²) >= 11 is 0. The minimum atomic E-state index is 0.567. The Balaban J connectivity index is 1.38. The third kappa shape index (κ3) is 3.36. The maximum Gasteiger partial charge on any atom is 0.238 e. The van der Waals surface area contributed by atoms with Crippen molar-refractivity contribution < 1.29 is 4.42 Å². The second kappa shape index (κ2) is 9.11. The molecule has 0 aliphatic carbocycles. The molecule has 0 radical (unpaired) electrons. The first kappa shape index (κ1) is 24.2. The highest BCUT2D eigenvalue weighted by Gasteiger charge is 2.23. The Morgan fingerprint density at radius 1 is 0.489 bits per heavy atom. The van der Waals surface area contributed by atoms with Gasteiger partial charge in [0.05, 0.1) is 33.1 Å². The fraction of sp³-hybridized carbons (Fsp3) is 0. The Morgan fingerprint density at radius 3 is 2.00 bits per heavy atom. The van der Waals surface area contributed by atoms with E-state index in [4.69, 9.17) is 14.4 Å². The van der Waals surface area contributed by atoms with Gasteiger partial charge >= 0.3 is 0 Å². The molecule has 5 aromatic carbocycles. The predicted molar refractivity (Wildman–Crippen MR) is 181 cm³/mol. The minimum absolute atomic E-state index is 0.567. The van der Waals surface area contributed by atoms with Gasteiger partial charge in [-0.05, 0) is 36.4 Å². The summed E-state index contributed by atoms with van der Waals surface area (Å²) in [5.41, 5.74) is 8.62. The number of aromatic nitrogens is 5. The van der Waals surface area contributed by atoms with Gasteiger partial charge in [-0.15, -0.1) is 0 Å². The molecule has 0 aliphatic rings. The Hall–Kier alpha value is -6.27.